The third-order valence-electron chi connectivity index (χ3n) is 4.19. The molecule has 0 aliphatic heterocycles. The van der Waals surface area contributed by atoms with Crippen LogP contribution in [-0.4, -0.2) is 30.4 Å². The molecule has 3 N–H and O–H groups in total. The molecule has 3 rings (SSSR count). The van der Waals surface area contributed by atoms with E-state index in [0.717, 1.165) is 6.42 Å². The van der Waals surface area contributed by atoms with Gasteiger partial charge >= 0.3 is 5.69 Å². The highest BCUT2D eigenvalue weighted by Crippen LogP contribution is 2.17. The largest absolute Gasteiger partial charge is 0.508 e. The first-order valence-electron chi connectivity index (χ1n) is 8.64. The maximum Gasteiger partial charge on any atom is 0.329 e. The molecule has 0 fully saturated rings. The Labute approximate surface area is 155 Å². The maximum atomic E-state index is 12.3. The molecule has 9 nitrogen and oxygen atoms in total. The maximum absolute atomic E-state index is 12.3. The molecule has 0 saturated heterocycles. The van der Waals surface area contributed by atoms with Gasteiger partial charge in [-0.1, -0.05) is 26.0 Å². The molecule has 0 radical (unpaired) electrons. The number of fused-ring (bicyclic) bond motifs is 1. The summed E-state index contributed by atoms with van der Waals surface area (Å²) in [5, 5.41) is 13.7. The molecule has 0 atom stereocenters. The van der Waals surface area contributed by atoms with Crippen molar-refractivity contribution >= 4 is 23.3 Å². The lowest BCUT2D eigenvalue weighted by Crippen LogP contribution is -2.29. The molecular weight excluding hydrogens is 348 g/mol. The van der Waals surface area contributed by atoms with Crippen molar-refractivity contribution in [2.75, 3.05) is 5.43 Å². The first-order chi connectivity index (χ1) is 12.9. The van der Waals surface area contributed by atoms with Crippen LogP contribution in [0.2, 0.25) is 0 Å². The Bertz CT molecular complexity index is 1110. The van der Waals surface area contributed by atoms with E-state index >= 15 is 0 Å². The molecule has 27 heavy (non-hydrogen) atoms. The molecule has 0 aliphatic carbocycles. The van der Waals surface area contributed by atoms with E-state index in [1.165, 1.54) is 10.8 Å². The average molecular weight is 370 g/mol. The van der Waals surface area contributed by atoms with Gasteiger partial charge in [-0.15, -0.1) is 0 Å². The Morgan fingerprint density at radius 1 is 1.37 bits per heavy atom. The van der Waals surface area contributed by atoms with E-state index in [2.05, 4.69) is 34.3 Å². The summed E-state index contributed by atoms with van der Waals surface area (Å²) in [6, 6.07) is 6.65. The lowest BCUT2D eigenvalue weighted by Gasteiger charge is -2.09. The summed E-state index contributed by atoms with van der Waals surface area (Å²) in [5.74, 6) is 0.941. The Kier molecular flexibility index (Phi) is 5.11. The van der Waals surface area contributed by atoms with Crippen LogP contribution in [0.15, 0.2) is 39.0 Å². The fourth-order valence-electron chi connectivity index (χ4n) is 2.69. The van der Waals surface area contributed by atoms with Crippen LogP contribution < -0.4 is 16.7 Å². The number of rotatable bonds is 6. The predicted octanol–water partition coefficient (Wildman–Crippen LogP) is 1.62. The highest BCUT2D eigenvalue weighted by atomic mass is 16.3. The minimum absolute atomic E-state index is 0.143. The molecule has 0 saturated carbocycles. The summed E-state index contributed by atoms with van der Waals surface area (Å²) < 4.78 is 3.03. The van der Waals surface area contributed by atoms with Crippen LogP contribution in [0.4, 0.5) is 5.95 Å². The quantitative estimate of drug-likeness (QED) is 0.450. The van der Waals surface area contributed by atoms with Gasteiger partial charge in [0.1, 0.15) is 5.75 Å². The number of anilines is 1. The van der Waals surface area contributed by atoms with Gasteiger partial charge in [-0.25, -0.2) is 10.2 Å². The van der Waals surface area contributed by atoms with Gasteiger partial charge in [-0.3, -0.25) is 14.3 Å². The van der Waals surface area contributed by atoms with Gasteiger partial charge in [0.25, 0.3) is 5.56 Å². The Morgan fingerprint density at radius 3 is 2.85 bits per heavy atom. The molecule has 0 unspecified atom stereocenters. The number of aromatic amines is 1. The molecule has 3 aromatic rings. The number of hydrogen-bond donors (Lipinski definition) is 3. The van der Waals surface area contributed by atoms with E-state index in [1.54, 1.807) is 35.9 Å². The molecule has 1 aromatic carbocycles. The number of hydrogen-bond acceptors (Lipinski definition) is 6. The summed E-state index contributed by atoms with van der Waals surface area (Å²) in [5.41, 5.74) is 3.17. The zero-order valence-electron chi connectivity index (χ0n) is 15.4. The van der Waals surface area contributed by atoms with E-state index in [1.807, 2.05) is 0 Å². The van der Waals surface area contributed by atoms with Crippen molar-refractivity contribution < 1.29 is 5.11 Å². The summed E-state index contributed by atoms with van der Waals surface area (Å²) in [7, 11) is 1.56. The Balaban J connectivity index is 2.01. The normalized spacial score (nSPS) is 11.7. The van der Waals surface area contributed by atoms with Gasteiger partial charge in [-0.2, -0.15) is 10.1 Å². The van der Waals surface area contributed by atoms with Gasteiger partial charge in [0.05, 0.1) is 6.21 Å². The molecule has 142 valence electrons. The van der Waals surface area contributed by atoms with Crippen molar-refractivity contribution in [3.8, 4) is 5.75 Å². The lowest BCUT2D eigenvalue weighted by molar-refractivity contribution is 0.475. The number of aromatic nitrogens is 4. The molecule has 9 heteroatoms. The number of benzene rings is 1. The summed E-state index contributed by atoms with van der Waals surface area (Å²) in [6.45, 7) is 4.73. The van der Waals surface area contributed by atoms with Crippen molar-refractivity contribution in [1.82, 2.24) is 19.1 Å². The first-order valence-corrected chi connectivity index (χ1v) is 8.64. The smallest absolute Gasteiger partial charge is 0.329 e. The molecular formula is C18H22N6O3. The molecule has 2 heterocycles. The fraction of sp³-hybridized carbons (Fsp3) is 0.333. The average Bonchev–Trinajstić information content (AvgIpc) is 2.97. The van der Waals surface area contributed by atoms with Crippen molar-refractivity contribution in [3.05, 3.63) is 50.7 Å². The number of phenolic OH excluding ortho intramolecular Hbond substituents is 1. The predicted molar refractivity (Wildman–Crippen MR) is 104 cm³/mol. The zero-order chi connectivity index (χ0) is 19.6. The van der Waals surface area contributed by atoms with Crippen LogP contribution in [0, 0.1) is 5.92 Å². The van der Waals surface area contributed by atoms with Crippen molar-refractivity contribution in [3.63, 3.8) is 0 Å². The SMILES string of the molecule is CC(C)CCn1c(NN=Cc2cccc(O)c2)nc2c1c(=O)[nH]c(=O)n2C. The van der Waals surface area contributed by atoms with Gasteiger partial charge in [0, 0.05) is 13.6 Å². The van der Waals surface area contributed by atoms with Crippen LogP contribution in [0.3, 0.4) is 0 Å². The number of aromatic hydroxyl groups is 1. The van der Waals surface area contributed by atoms with Crippen molar-refractivity contribution in [2.45, 2.75) is 26.8 Å². The van der Waals surface area contributed by atoms with Crippen LogP contribution >= 0.6 is 0 Å². The number of hydrazone groups is 1. The van der Waals surface area contributed by atoms with Gasteiger partial charge in [0.2, 0.25) is 5.95 Å². The molecule has 0 bridgehead atoms. The third-order valence-corrected chi connectivity index (χ3v) is 4.19. The first kappa shape index (κ1) is 18.4. The monoisotopic (exact) mass is 370 g/mol. The van der Waals surface area contributed by atoms with Crippen LogP contribution in [-0.2, 0) is 13.6 Å². The third kappa shape index (κ3) is 3.91. The second-order valence-corrected chi connectivity index (χ2v) is 6.73. The van der Waals surface area contributed by atoms with Gasteiger partial charge < -0.3 is 9.67 Å². The van der Waals surface area contributed by atoms with E-state index < -0.39 is 11.2 Å². The van der Waals surface area contributed by atoms with Gasteiger partial charge in [-0.05, 0) is 30.0 Å². The molecule has 0 spiro atoms. The van der Waals surface area contributed by atoms with Crippen molar-refractivity contribution in [1.29, 1.82) is 0 Å². The van der Waals surface area contributed by atoms with Gasteiger partial charge in [0.15, 0.2) is 11.2 Å². The molecule has 2 aromatic heterocycles. The van der Waals surface area contributed by atoms with E-state index in [0.29, 0.717) is 35.1 Å². The number of H-pyrrole nitrogens is 1. The Morgan fingerprint density at radius 2 is 2.15 bits per heavy atom. The number of aryl methyl sites for hydroxylation is 2. The Hall–Kier alpha value is -3.36. The highest BCUT2D eigenvalue weighted by Gasteiger charge is 2.17. The van der Waals surface area contributed by atoms with Crippen LogP contribution in [0.5, 0.6) is 5.75 Å². The van der Waals surface area contributed by atoms with Crippen molar-refractivity contribution in [2.24, 2.45) is 18.1 Å². The van der Waals surface area contributed by atoms with E-state index in [9.17, 15) is 14.7 Å². The summed E-state index contributed by atoms with van der Waals surface area (Å²) in [4.78, 5) is 30.9. The minimum atomic E-state index is -0.518. The van der Waals surface area contributed by atoms with E-state index in [-0.39, 0.29) is 5.75 Å². The fourth-order valence-corrected chi connectivity index (χ4v) is 2.69. The number of nitrogens with zero attached hydrogens (tertiary/aromatic N) is 4. The summed E-state index contributed by atoms with van der Waals surface area (Å²) >= 11 is 0. The molecule has 0 amide bonds. The number of nitrogens with one attached hydrogen (secondary N) is 2. The number of imidazole rings is 1. The standard InChI is InChI=1S/C18H22N6O3/c1-11(2)7-8-24-14-15(23(3)18(27)21-16(14)26)20-17(24)22-19-10-12-5-4-6-13(25)9-12/h4-6,9-11,25H,7-8H2,1-3H3,(H,20,22)(H,21,26,27). The topological polar surface area (TPSA) is 117 Å². The zero-order valence-corrected chi connectivity index (χ0v) is 15.4. The minimum Gasteiger partial charge on any atom is -0.508 e. The highest BCUT2D eigenvalue weighted by molar-refractivity contribution is 5.81. The summed E-state index contributed by atoms with van der Waals surface area (Å²) in [6.07, 6.45) is 2.37. The second-order valence-electron chi connectivity index (χ2n) is 6.73. The van der Waals surface area contributed by atoms with E-state index in [4.69, 9.17) is 0 Å². The molecule has 0 aliphatic rings. The number of phenols is 1. The van der Waals surface area contributed by atoms with Crippen LogP contribution in [0.25, 0.3) is 11.2 Å². The lowest BCUT2D eigenvalue weighted by atomic mass is 10.1. The second kappa shape index (κ2) is 7.48. The van der Waals surface area contributed by atoms with Crippen LogP contribution in [0.1, 0.15) is 25.8 Å².